The lowest BCUT2D eigenvalue weighted by Crippen LogP contribution is -2.35. The van der Waals surface area contributed by atoms with Crippen molar-refractivity contribution in [1.82, 2.24) is 9.97 Å². The molecule has 2 fully saturated rings. The molecule has 2 saturated heterocycles. The Morgan fingerprint density at radius 2 is 1.90 bits per heavy atom. The average Bonchev–Trinajstić information content (AvgIpc) is 2.66. The van der Waals surface area contributed by atoms with Crippen LogP contribution in [0.2, 0.25) is 0 Å². The summed E-state index contributed by atoms with van der Waals surface area (Å²) in [4.78, 5) is 18.5. The summed E-state index contributed by atoms with van der Waals surface area (Å²) in [5, 5.41) is 11.5. The van der Waals surface area contributed by atoms with Gasteiger partial charge in [0.25, 0.3) is 0 Å². The number of sulfone groups is 1. The Balaban J connectivity index is 1.58. The van der Waals surface area contributed by atoms with Crippen LogP contribution in [0.15, 0.2) is 12.4 Å². The molecule has 0 radical (unpaired) electrons. The molecule has 114 valence electrons. The van der Waals surface area contributed by atoms with Gasteiger partial charge in [0.1, 0.15) is 5.82 Å². The van der Waals surface area contributed by atoms with Gasteiger partial charge in [0.2, 0.25) is 0 Å². The molecule has 21 heavy (non-hydrogen) atoms. The molecule has 0 aromatic carbocycles. The number of nitrogens with zero attached hydrogens (tertiary/aromatic N) is 2. The second kappa shape index (κ2) is 5.25. The zero-order valence-electron chi connectivity index (χ0n) is 11.4. The van der Waals surface area contributed by atoms with Crippen molar-refractivity contribution in [2.75, 3.05) is 11.9 Å². The highest BCUT2D eigenvalue weighted by atomic mass is 32.2. The molecule has 2 unspecified atom stereocenters. The summed E-state index contributed by atoms with van der Waals surface area (Å²) in [6.07, 6.45) is 5.57. The number of aromatic carboxylic acids is 1. The summed E-state index contributed by atoms with van der Waals surface area (Å²) in [6, 6.07) is 0. The number of carbonyl (C=O) groups is 1. The van der Waals surface area contributed by atoms with Crippen molar-refractivity contribution >= 4 is 21.6 Å². The third kappa shape index (κ3) is 2.72. The van der Waals surface area contributed by atoms with Gasteiger partial charge >= 0.3 is 5.97 Å². The first kappa shape index (κ1) is 14.2. The number of carboxylic acid groups (broad SMARTS) is 1. The first-order valence-corrected chi connectivity index (χ1v) is 8.59. The molecule has 2 bridgehead atoms. The van der Waals surface area contributed by atoms with Gasteiger partial charge in [0, 0.05) is 6.54 Å². The van der Waals surface area contributed by atoms with Gasteiger partial charge in [-0.3, -0.25) is 0 Å². The van der Waals surface area contributed by atoms with E-state index in [2.05, 4.69) is 15.3 Å². The number of fused-ring (bicyclic) bond motifs is 2. The first-order valence-electron chi connectivity index (χ1n) is 6.98. The maximum atomic E-state index is 12.0. The maximum Gasteiger partial charge on any atom is 0.356 e. The fraction of sp³-hybridized carbons (Fsp3) is 0.615. The normalized spacial score (nSPS) is 30.0. The van der Waals surface area contributed by atoms with Gasteiger partial charge in [0.05, 0.1) is 22.9 Å². The molecule has 0 amide bonds. The van der Waals surface area contributed by atoms with E-state index < -0.39 is 15.8 Å². The van der Waals surface area contributed by atoms with Crippen LogP contribution in [0.3, 0.4) is 0 Å². The first-order chi connectivity index (χ1) is 9.96. The van der Waals surface area contributed by atoms with Crippen LogP contribution in [0, 0.1) is 5.92 Å². The van der Waals surface area contributed by atoms with Crippen LogP contribution in [-0.2, 0) is 9.84 Å². The number of aromatic nitrogens is 2. The molecule has 0 saturated carbocycles. The van der Waals surface area contributed by atoms with Gasteiger partial charge in [-0.1, -0.05) is 0 Å². The molecule has 0 spiro atoms. The van der Waals surface area contributed by atoms with Gasteiger partial charge in [0.15, 0.2) is 15.5 Å². The Labute approximate surface area is 122 Å². The third-order valence-electron chi connectivity index (χ3n) is 4.38. The van der Waals surface area contributed by atoms with Crippen molar-refractivity contribution in [2.24, 2.45) is 5.92 Å². The van der Waals surface area contributed by atoms with Gasteiger partial charge in [-0.2, -0.15) is 0 Å². The molecular weight excluding hydrogens is 294 g/mol. The SMILES string of the molecule is O=C(O)c1cnc(NCC2CC3CCC(C2)S3(=O)=O)cn1. The van der Waals surface area contributed by atoms with E-state index in [4.69, 9.17) is 5.11 Å². The molecule has 2 aliphatic rings. The summed E-state index contributed by atoms with van der Waals surface area (Å²) in [5.74, 6) is -0.282. The highest BCUT2D eigenvalue weighted by Gasteiger charge is 2.46. The number of carboxylic acids is 1. The van der Waals surface area contributed by atoms with Crippen LogP contribution in [0.1, 0.15) is 36.2 Å². The van der Waals surface area contributed by atoms with Crippen LogP contribution in [0.25, 0.3) is 0 Å². The summed E-state index contributed by atoms with van der Waals surface area (Å²) >= 11 is 0. The van der Waals surface area contributed by atoms with Crippen LogP contribution in [-0.4, -0.2) is 46.5 Å². The largest absolute Gasteiger partial charge is 0.476 e. The van der Waals surface area contributed by atoms with E-state index in [-0.39, 0.29) is 16.2 Å². The monoisotopic (exact) mass is 311 g/mol. The van der Waals surface area contributed by atoms with Gasteiger partial charge in [-0.25, -0.2) is 23.2 Å². The van der Waals surface area contributed by atoms with E-state index in [1.807, 2.05) is 0 Å². The van der Waals surface area contributed by atoms with E-state index in [1.165, 1.54) is 12.4 Å². The quantitative estimate of drug-likeness (QED) is 0.851. The third-order valence-corrected chi connectivity index (χ3v) is 7.09. The second-order valence-electron chi connectivity index (χ2n) is 5.72. The van der Waals surface area contributed by atoms with E-state index in [1.54, 1.807) is 0 Å². The van der Waals surface area contributed by atoms with Crippen molar-refractivity contribution in [3.05, 3.63) is 18.1 Å². The Morgan fingerprint density at radius 1 is 1.24 bits per heavy atom. The van der Waals surface area contributed by atoms with E-state index in [9.17, 15) is 13.2 Å². The van der Waals surface area contributed by atoms with E-state index in [0.29, 0.717) is 31.1 Å². The zero-order chi connectivity index (χ0) is 15.0. The van der Waals surface area contributed by atoms with E-state index in [0.717, 1.165) is 12.8 Å². The Morgan fingerprint density at radius 3 is 2.43 bits per heavy atom. The van der Waals surface area contributed by atoms with Crippen molar-refractivity contribution < 1.29 is 18.3 Å². The highest BCUT2D eigenvalue weighted by molar-refractivity contribution is 7.93. The average molecular weight is 311 g/mol. The summed E-state index contributed by atoms with van der Waals surface area (Å²) in [6.45, 7) is 0.642. The Bertz CT molecular complexity index is 624. The van der Waals surface area contributed by atoms with Crippen LogP contribution >= 0.6 is 0 Å². The van der Waals surface area contributed by atoms with Gasteiger partial charge < -0.3 is 10.4 Å². The molecule has 7 nitrogen and oxygen atoms in total. The molecule has 1 aromatic rings. The van der Waals surface area contributed by atoms with E-state index >= 15 is 0 Å². The lowest BCUT2D eigenvalue weighted by Gasteiger charge is -2.28. The Hall–Kier alpha value is -1.70. The molecule has 2 aliphatic heterocycles. The summed E-state index contributed by atoms with van der Waals surface area (Å²) < 4.78 is 24.0. The maximum absolute atomic E-state index is 12.0. The zero-order valence-corrected chi connectivity index (χ0v) is 12.2. The molecule has 2 N–H and O–H groups in total. The van der Waals surface area contributed by atoms with Crippen molar-refractivity contribution in [1.29, 1.82) is 0 Å². The molecule has 3 heterocycles. The molecule has 0 aliphatic carbocycles. The van der Waals surface area contributed by atoms with Crippen LogP contribution in [0.4, 0.5) is 5.82 Å². The van der Waals surface area contributed by atoms with Crippen molar-refractivity contribution in [3.8, 4) is 0 Å². The highest BCUT2D eigenvalue weighted by Crippen LogP contribution is 2.41. The topological polar surface area (TPSA) is 109 Å². The van der Waals surface area contributed by atoms with Gasteiger partial charge in [-0.15, -0.1) is 0 Å². The Kier molecular flexibility index (Phi) is 3.56. The molecule has 8 heteroatoms. The van der Waals surface area contributed by atoms with Crippen LogP contribution < -0.4 is 5.32 Å². The molecular formula is C13H17N3O4S. The fourth-order valence-corrected chi connectivity index (χ4v) is 5.82. The number of hydrogen-bond donors (Lipinski definition) is 2. The molecule has 3 rings (SSSR count). The minimum Gasteiger partial charge on any atom is -0.476 e. The molecule has 1 aromatic heterocycles. The number of hydrogen-bond acceptors (Lipinski definition) is 6. The minimum absolute atomic E-state index is 0.0950. The summed E-state index contributed by atoms with van der Waals surface area (Å²) in [5.41, 5.74) is -0.0950. The number of anilines is 1. The standard InChI is InChI=1S/C13H17N3O4S/c17-13(18)11-6-16-12(7-14-11)15-5-8-3-9-1-2-10(4-8)21(9,19)20/h6-10H,1-5H2,(H,15,16)(H,17,18). The number of nitrogens with one attached hydrogen (secondary N) is 1. The summed E-state index contributed by atoms with van der Waals surface area (Å²) in [7, 11) is -2.88. The second-order valence-corrected chi connectivity index (χ2v) is 8.23. The van der Waals surface area contributed by atoms with Crippen LogP contribution in [0.5, 0.6) is 0 Å². The lowest BCUT2D eigenvalue weighted by atomic mass is 9.99. The minimum atomic E-state index is -2.88. The predicted octanol–water partition coefficient (Wildman–Crippen LogP) is 0.942. The smallest absolute Gasteiger partial charge is 0.356 e. The fourth-order valence-electron chi connectivity index (χ4n) is 3.26. The van der Waals surface area contributed by atoms with Gasteiger partial charge in [-0.05, 0) is 31.6 Å². The number of rotatable bonds is 4. The lowest BCUT2D eigenvalue weighted by molar-refractivity contribution is 0.0690. The van der Waals surface area contributed by atoms with Crippen molar-refractivity contribution in [3.63, 3.8) is 0 Å². The molecule has 2 atom stereocenters. The van der Waals surface area contributed by atoms with Crippen molar-refractivity contribution in [2.45, 2.75) is 36.2 Å². The predicted molar refractivity (Wildman–Crippen MR) is 75.9 cm³/mol.